The van der Waals surface area contributed by atoms with Crippen LogP contribution in [-0.2, 0) is 0 Å². The molecule has 0 saturated carbocycles. The summed E-state index contributed by atoms with van der Waals surface area (Å²) in [4.78, 5) is 16.4. The summed E-state index contributed by atoms with van der Waals surface area (Å²) in [5.41, 5.74) is 2.66. The quantitative estimate of drug-likeness (QED) is 0.600. The molecule has 4 heteroatoms. The van der Waals surface area contributed by atoms with Gasteiger partial charge in [0.2, 0.25) is 0 Å². The molecule has 1 heterocycles. The van der Waals surface area contributed by atoms with E-state index in [1.165, 1.54) is 6.39 Å². The highest BCUT2D eigenvalue weighted by molar-refractivity contribution is 6.06. The van der Waals surface area contributed by atoms with Crippen molar-refractivity contribution in [3.8, 4) is 0 Å². The standard InChI is InChI=1S/C18H12N2O2/c21-18(14-6-8-17-16(10-14)19-11-22-17)20-15-7-5-12-3-1-2-4-13(12)9-15/h1-11H,(H,20,21). The number of hydrogen-bond donors (Lipinski definition) is 1. The Bertz CT molecular complexity index is 988. The Morgan fingerprint density at radius 3 is 2.73 bits per heavy atom. The number of aromatic nitrogens is 1. The zero-order chi connectivity index (χ0) is 14.9. The largest absolute Gasteiger partial charge is 0.443 e. The van der Waals surface area contributed by atoms with Crippen molar-refractivity contribution in [3.05, 3.63) is 72.6 Å². The van der Waals surface area contributed by atoms with Crippen molar-refractivity contribution in [1.82, 2.24) is 4.98 Å². The second kappa shape index (κ2) is 5.00. The van der Waals surface area contributed by atoms with Crippen LogP contribution in [0, 0.1) is 0 Å². The minimum atomic E-state index is -0.166. The second-order valence-corrected chi connectivity index (χ2v) is 5.05. The van der Waals surface area contributed by atoms with Gasteiger partial charge in [0.15, 0.2) is 12.0 Å². The zero-order valence-electron chi connectivity index (χ0n) is 11.6. The predicted molar refractivity (Wildman–Crippen MR) is 85.9 cm³/mol. The zero-order valence-corrected chi connectivity index (χ0v) is 11.6. The van der Waals surface area contributed by atoms with Crippen LogP contribution in [0.5, 0.6) is 0 Å². The van der Waals surface area contributed by atoms with E-state index in [9.17, 15) is 4.79 Å². The summed E-state index contributed by atoms with van der Waals surface area (Å²) >= 11 is 0. The van der Waals surface area contributed by atoms with Gasteiger partial charge < -0.3 is 9.73 Å². The Balaban J connectivity index is 1.64. The lowest BCUT2D eigenvalue weighted by atomic mass is 10.1. The summed E-state index contributed by atoms with van der Waals surface area (Å²) in [6, 6.07) is 19.1. The molecule has 0 unspecified atom stereocenters. The number of carbonyl (C=O) groups excluding carboxylic acids is 1. The van der Waals surface area contributed by atoms with Crippen molar-refractivity contribution < 1.29 is 9.21 Å². The normalized spacial score (nSPS) is 10.9. The van der Waals surface area contributed by atoms with Crippen molar-refractivity contribution in [3.63, 3.8) is 0 Å². The first-order valence-corrected chi connectivity index (χ1v) is 6.93. The summed E-state index contributed by atoms with van der Waals surface area (Å²) in [5.74, 6) is -0.166. The summed E-state index contributed by atoms with van der Waals surface area (Å²) in [6.45, 7) is 0. The topological polar surface area (TPSA) is 55.1 Å². The number of nitrogens with zero attached hydrogens (tertiary/aromatic N) is 1. The first kappa shape index (κ1) is 12.6. The van der Waals surface area contributed by atoms with Gasteiger partial charge in [0.1, 0.15) is 5.52 Å². The van der Waals surface area contributed by atoms with Gasteiger partial charge in [-0.1, -0.05) is 30.3 Å². The van der Waals surface area contributed by atoms with Crippen LogP contribution in [0.4, 0.5) is 5.69 Å². The molecule has 0 fully saturated rings. The molecule has 0 aliphatic rings. The van der Waals surface area contributed by atoms with E-state index in [1.54, 1.807) is 18.2 Å². The van der Waals surface area contributed by atoms with Crippen LogP contribution in [0.15, 0.2) is 71.5 Å². The molecule has 0 aliphatic carbocycles. The summed E-state index contributed by atoms with van der Waals surface area (Å²) in [7, 11) is 0. The van der Waals surface area contributed by atoms with Crippen molar-refractivity contribution in [2.45, 2.75) is 0 Å². The molecule has 3 aromatic carbocycles. The number of hydrogen-bond acceptors (Lipinski definition) is 3. The summed E-state index contributed by atoms with van der Waals surface area (Å²) < 4.78 is 5.18. The van der Waals surface area contributed by atoms with Crippen LogP contribution in [0.1, 0.15) is 10.4 Å². The molecule has 0 aliphatic heterocycles. The first-order valence-electron chi connectivity index (χ1n) is 6.93. The van der Waals surface area contributed by atoms with Gasteiger partial charge in [0.25, 0.3) is 5.91 Å². The third kappa shape index (κ3) is 2.20. The van der Waals surface area contributed by atoms with E-state index in [-0.39, 0.29) is 5.91 Å². The van der Waals surface area contributed by atoms with E-state index in [4.69, 9.17) is 4.42 Å². The third-order valence-electron chi connectivity index (χ3n) is 3.60. The van der Waals surface area contributed by atoms with Crippen LogP contribution >= 0.6 is 0 Å². The number of carbonyl (C=O) groups is 1. The van der Waals surface area contributed by atoms with Gasteiger partial charge in [-0.15, -0.1) is 0 Å². The molecule has 106 valence electrons. The minimum absolute atomic E-state index is 0.166. The number of benzene rings is 3. The van der Waals surface area contributed by atoms with Gasteiger partial charge in [-0.25, -0.2) is 4.98 Å². The van der Waals surface area contributed by atoms with E-state index >= 15 is 0 Å². The Labute approximate surface area is 126 Å². The molecule has 0 atom stereocenters. The molecule has 0 saturated heterocycles. The van der Waals surface area contributed by atoms with E-state index in [0.717, 1.165) is 16.5 Å². The molecule has 1 N–H and O–H groups in total. The number of fused-ring (bicyclic) bond motifs is 2. The van der Waals surface area contributed by atoms with Crippen LogP contribution in [0.2, 0.25) is 0 Å². The number of anilines is 1. The van der Waals surface area contributed by atoms with Crippen LogP contribution in [-0.4, -0.2) is 10.9 Å². The average molecular weight is 288 g/mol. The van der Waals surface area contributed by atoms with Crippen molar-refractivity contribution >= 4 is 33.5 Å². The lowest BCUT2D eigenvalue weighted by Crippen LogP contribution is -2.11. The number of amides is 1. The lowest BCUT2D eigenvalue weighted by Gasteiger charge is -2.06. The number of rotatable bonds is 2. The van der Waals surface area contributed by atoms with E-state index in [2.05, 4.69) is 10.3 Å². The fourth-order valence-corrected chi connectivity index (χ4v) is 2.47. The van der Waals surface area contributed by atoms with Gasteiger partial charge >= 0.3 is 0 Å². The highest BCUT2D eigenvalue weighted by atomic mass is 16.3. The molecule has 1 aromatic heterocycles. The Morgan fingerprint density at radius 1 is 0.955 bits per heavy atom. The predicted octanol–water partition coefficient (Wildman–Crippen LogP) is 4.23. The molecule has 1 amide bonds. The SMILES string of the molecule is O=C(Nc1ccc2ccccc2c1)c1ccc2ocnc2c1. The summed E-state index contributed by atoms with van der Waals surface area (Å²) in [6.07, 6.45) is 1.37. The lowest BCUT2D eigenvalue weighted by molar-refractivity contribution is 0.102. The molecular formula is C18H12N2O2. The van der Waals surface area contributed by atoms with Gasteiger partial charge in [-0.3, -0.25) is 4.79 Å². The van der Waals surface area contributed by atoms with Gasteiger partial charge in [-0.05, 0) is 41.1 Å². The monoisotopic (exact) mass is 288 g/mol. The maximum atomic E-state index is 12.3. The fraction of sp³-hybridized carbons (Fsp3) is 0. The minimum Gasteiger partial charge on any atom is -0.443 e. The van der Waals surface area contributed by atoms with Crippen molar-refractivity contribution in [2.24, 2.45) is 0 Å². The molecule has 4 aromatic rings. The van der Waals surface area contributed by atoms with Crippen LogP contribution in [0.25, 0.3) is 21.9 Å². The third-order valence-corrected chi connectivity index (χ3v) is 3.60. The van der Waals surface area contributed by atoms with Crippen molar-refractivity contribution in [2.75, 3.05) is 5.32 Å². The summed E-state index contributed by atoms with van der Waals surface area (Å²) in [5, 5.41) is 5.14. The van der Waals surface area contributed by atoms with Gasteiger partial charge in [-0.2, -0.15) is 0 Å². The molecule has 22 heavy (non-hydrogen) atoms. The highest BCUT2D eigenvalue weighted by Crippen LogP contribution is 2.20. The Kier molecular flexibility index (Phi) is 2.86. The van der Waals surface area contributed by atoms with E-state index < -0.39 is 0 Å². The van der Waals surface area contributed by atoms with Crippen LogP contribution in [0.3, 0.4) is 0 Å². The molecule has 0 bridgehead atoms. The molecule has 4 nitrogen and oxygen atoms in total. The fourth-order valence-electron chi connectivity index (χ4n) is 2.47. The first-order chi connectivity index (χ1) is 10.8. The second-order valence-electron chi connectivity index (χ2n) is 5.05. The van der Waals surface area contributed by atoms with Crippen molar-refractivity contribution in [1.29, 1.82) is 0 Å². The molecule has 4 rings (SSSR count). The Hall–Kier alpha value is -3.14. The number of nitrogens with one attached hydrogen (secondary N) is 1. The maximum absolute atomic E-state index is 12.3. The molecule has 0 spiro atoms. The Morgan fingerprint density at radius 2 is 1.82 bits per heavy atom. The van der Waals surface area contributed by atoms with Gasteiger partial charge in [0, 0.05) is 11.3 Å². The highest BCUT2D eigenvalue weighted by Gasteiger charge is 2.09. The van der Waals surface area contributed by atoms with Crippen LogP contribution < -0.4 is 5.32 Å². The van der Waals surface area contributed by atoms with E-state index in [0.29, 0.717) is 16.7 Å². The smallest absolute Gasteiger partial charge is 0.255 e. The van der Waals surface area contributed by atoms with Gasteiger partial charge in [0.05, 0.1) is 0 Å². The number of oxazole rings is 1. The molecular weight excluding hydrogens is 276 g/mol. The average Bonchev–Trinajstić information content (AvgIpc) is 3.02. The molecule has 0 radical (unpaired) electrons. The maximum Gasteiger partial charge on any atom is 0.255 e. The van der Waals surface area contributed by atoms with E-state index in [1.807, 2.05) is 42.5 Å².